The second kappa shape index (κ2) is 4.71. The summed E-state index contributed by atoms with van der Waals surface area (Å²) in [6, 6.07) is 0. The van der Waals surface area contributed by atoms with E-state index in [4.69, 9.17) is 10.5 Å². The van der Waals surface area contributed by atoms with Crippen molar-refractivity contribution in [2.45, 2.75) is 26.7 Å². The fourth-order valence-corrected chi connectivity index (χ4v) is 1.73. The summed E-state index contributed by atoms with van der Waals surface area (Å²) in [6.07, 6.45) is 3.22. The van der Waals surface area contributed by atoms with Gasteiger partial charge in [-0.1, -0.05) is 5.57 Å². The third-order valence-electron chi connectivity index (χ3n) is 2.78. The van der Waals surface area contributed by atoms with Gasteiger partial charge in [-0.05, 0) is 32.8 Å². The maximum Gasteiger partial charge on any atom is 0.163 e. The lowest BCUT2D eigenvalue weighted by Gasteiger charge is -2.33. The molecule has 0 aromatic carbocycles. The highest BCUT2D eigenvalue weighted by Crippen LogP contribution is 2.31. The molecule has 0 aromatic rings. The molecule has 0 atom stereocenters. The van der Waals surface area contributed by atoms with Crippen molar-refractivity contribution in [1.82, 2.24) is 0 Å². The fraction of sp³-hybridized carbons (Fsp3) is 0.727. The number of ketones is 1. The first-order chi connectivity index (χ1) is 6.60. The van der Waals surface area contributed by atoms with E-state index < -0.39 is 0 Å². The molecule has 1 heterocycles. The number of rotatable bonds is 3. The first-order valence-electron chi connectivity index (χ1n) is 5.08. The Balaban J connectivity index is 2.77. The predicted molar refractivity (Wildman–Crippen MR) is 56.0 cm³/mol. The average Bonchev–Trinajstić information content (AvgIpc) is 2.18. The van der Waals surface area contributed by atoms with Crippen LogP contribution < -0.4 is 5.73 Å². The van der Waals surface area contributed by atoms with Gasteiger partial charge in [0.15, 0.2) is 5.78 Å². The molecule has 1 saturated heterocycles. The SMILES string of the molecule is CC(C)=CC(=O)C1(CN)CCOCC1. The second-order valence-corrected chi connectivity index (χ2v) is 4.18. The highest BCUT2D eigenvalue weighted by Gasteiger charge is 2.37. The molecular formula is C11H19NO2. The van der Waals surface area contributed by atoms with Crippen molar-refractivity contribution in [2.24, 2.45) is 11.1 Å². The Morgan fingerprint density at radius 3 is 2.43 bits per heavy atom. The molecule has 0 bridgehead atoms. The number of carbonyl (C=O) groups excluding carboxylic acids is 1. The Morgan fingerprint density at radius 2 is 2.00 bits per heavy atom. The molecule has 80 valence electrons. The molecule has 0 saturated carbocycles. The normalized spacial score (nSPS) is 20.2. The Labute approximate surface area is 85.3 Å². The summed E-state index contributed by atoms with van der Waals surface area (Å²) in [4.78, 5) is 11.9. The lowest BCUT2D eigenvalue weighted by atomic mass is 9.76. The molecule has 0 aromatic heterocycles. The van der Waals surface area contributed by atoms with Crippen LogP contribution in [0.1, 0.15) is 26.7 Å². The number of carbonyl (C=O) groups is 1. The maximum atomic E-state index is 11.9. The zero-order valence-electron chi connectivity index (χ0n) is 9.01. The van der Waals surface area contributed by atoms with E-state index >= 15 is 0 Å². The van der Waals surface area contributed by atoms with E-state index in [1.807, 2.05) is 13.8 Å². The smallest absolute Gasteiger partial charge is 0.163 e. The van der Waals surface area contributed by atoms with Crippen molar-refractivity contribution in [3.05, 3.63) is 11.6 Å². The Morgan fingerprint density at radius 1 is 1.43 bits per heavy atom. The summed E-state index contributed by atoms with van der Waals surface area (Å²) in [5.41, 5.74) is 6.39. The highest BCUT2D eigenvalue weighted by molar-refractivity contribution is 5.95. The second-order valence-electron chi connectivity index (χ2n) is 4.18. The molecule has 1 aliphatic heterocycles. The molecule has 0 amide bonds. The van der Waals surface area contributed by atoms with Gasteiger partial charge in [0.05, 0.1) is 0 Å². The van der Waals surface area contributed by atoms with Crippen molar-refractivity contribution in [3.8, 4) is 0 Å². The Hall–Kier alpha value is -0.670. The molecule has 1 fully saturated rings. The van der Waals surface area contributed by atoms with Gasteiger partial charge in [0.25, 0.3) is 0 Å². The number of hydrogen-bond donors (Lipinski definition) is 1. The van der Waals surface area contributed by atoms with E-state index in [1.165, 1.54) is 0 Å². The van der Waals surface area contributed by atoms with Gasteiger partial charge in [-0.3, -0.25) is 4.79 Å². The monoisotopic (exact) mass is 197 g/mol. The maximum absolute atomic E-state index is 11.9. The van der Waals surface area contributed by atoms with E-state index in [0.717, 1.165) is 18.4 Å². The van der Waals surface area contributed by atoms with Gasteiger partial charge in [-0.2, -0.15) is 0 Å². The summed E-state index contributed by atoms with van der Waals surface area (Å²) in [5, 5.41) is 0. The van der Waals surface area contributed by atoms with Crippen LogP contribution in [0.5, 0.6) is 0 Å². The van der Waals surface area contributed by atoms with Crippen LogP contribution in [-0.4, -0.2) is 25.5 Å². The molecule has 1 rings (SSSR count). The largest absolute Gasteiger partial charge is 0.381 e. The third kappa shape index (κ3) is 2.42. The van der Waals surface area contributed by atoms with Crippen LogP contribution in [0.4, 0.5) is 0 Å². The minimum absolute atomic E-state index is 0.170. The van der Waals surface area contributed by atoms with Gasteiger partial charge < -0.3 is 10.5 Å². The topological polar surface area (TPSA) is 52.3 Å². The van der Waals surface area contributed by atoms with Crippen LogP contribution >= 0.6 is 0 Å². The fourth-order valence-electron chi connectivity index (χ4n) is 1.73. The summed E-state index contributed by atoms with van der Waals surface area (Å²) in [6.45, 7) is 5.60. The van der Waals surface area contributed by atoms with Crippen LogP contribution in [-0.2, 0) is 9.53 Å². The zero-order chi connectivity index (χ0) is 10.6. The lowest BCUT2D eigenvalue weighted by Crippen LogP contribution is -2.42. The quantitative estimate of drug-likeness (QED) is 0.693. The molecule has 0 unspecified atom stereocenters. The van der Waals surface area contributed by atoms with E-state index in [9.17, 15) is 4.79 Å². The predicted octanol–water partition coefficient (Wildman–Crippen LogP) is 1.28. The van der Waals surface area contributed by atoms with Crippen molar-refractivity contribution >= 4 is 5.78 Å². The van der Waals surface area contributed by atoms with Crippen molar-refractivity contribution < 1.29 is 9.53 Å². The molecule has 0 spiro atoms. The summed E-state index contributed by atoms with van der Waals surface area (Å²) < 4.78 is 5.25. The van der Waals surface area contributed by atoms with Crippen LogP contribution in [0.25, 0.3) is 0 Å². The molecule has 0 radical (unpaired) electrons. The molecule has 3 heteroatoms. The minimum Gasteiger partial charge on any atom is -0.381 e. The van der Waals surface area contributed by atoms with Gasteiger partial charge in [0.1, 0.15) is 0 Å². The number of allylic oxidation sites excluding steroid dienone is 2. The molecule has 0 aliphatic carbocycles. The van der Waals surface area contributed by atoms with Crippen molar-refractivity contribution in [2.75, 3.05) is 19.8 Å². The third-order valence-corrected chi connectivity index (χ3v) is 2.78. The first kappa shape index (κ1) is 11.4. The molecular weight excluding hydrogens is 178 g/mol. The van der Waals surface area contributed by atoms with E-state index in [0.29, 0.717) is 19.8 Å². The van der Waals surface area contributed by atoms with Crippen LogP contribution in [0, 0.1) is 5.41 Å². The van der Waals surface area contributed by atoms with Gasteiger partial charge in [-0.15, -0.1) is 0 Å². The van der Waals surface area contributed by atoms with Crippen molar-refractivity contribution in [1.29, 1.82) is 0 Å². The van der Waals surface area contributed by atoms with Gasteiger partial charge in [-0.25, -0.2) is 0 Å². The Kier molecular flexibility index (Phi) is 3.84. The number of hydrogen-bond acceptors (Lipinski definition) is 3. The van der Waals surface area contributed by atoms with E-state index in [2.05, 4.69) is 0 Å². The first-order valence-corrected chi connectivity index (χ1v) is 5.08. The summed E-state index contributed by atoms with van der Waals surface area (Å²) in [5.74, 6) is 0.170. The van der Waals surface area contributed by atoms with E-state index in [1.54, 1.807) is 6.08 Å². The van der Waals surface area contributed by atoms with Crippen LogP contribution in [0.2, 0.25) is 0 Å². The van der Waals surface area contributed by atoms with Crippen molar-refractivity contribution in [3.63, 3.8) is 0 Å². The minimum atomic E-state index is -0.352. The van der Waals surface area contributed by atoms with Gasteiger partial charge in [0.2, 0.25) is 0 Å². The summed E-state index contributed by atoms with van der Waals surface area (Å²) in [7, 11) is 0. The molecule has 1 aliphatic rings. The molecule has 3 nitrogen and oxygen atoms in total. The number of nitrogens with two attached hydrogens (primary N) is 1. The van der Waals surface area contributed by atoms with Gasteiger partial charge >= 0.3 is 0 Å². The van der Waals surface area contributed by atoms with Gasteiger partial charge in [0, 0.05) is 25.2 Å². The lowest BCUT2D eigenvalue weighted by molar-refractivity contribution is -0.128. The van der Waals surface area contributed by atoms with Crippen LogP contribution in [0.15, 0.2) is 11.6 Å². The molecule has 2 N–H and O–H groups in total. The Bertz CT molecular complexity index is 236. The number of ether oxygens (including phenoxy) is 1. The van der Waals surface area contributed by atoms with E-state index in [-0.39, 0.29) is 11.2 Å². The van der Waals surface area contributed by atoms with Crippen LogP contribution in [0.3, 0.4) is 0 Å². The highest BCUT2D eigenvalue weighted by atomic mass is 16.5. The zero-order valence-corrected chi connectivity index (χ0v) is 9.01. The average molecular weight is 197 g/mol. The summed E-state index contributed by atoms with van der Waals surface area (Å²) >= 11 is 0. The standard InChI is InChI=1S/C11H19NO2/c1-9(2)7-10(13)11(8-12)3-5-14-6-4-11/h7H,3-6,8,12H2,1-2H3. The molecule has 14 heavy (non-hydrogen) atoms.